The molecule has 0 aliphatic heterocycles. The third-order valence-electron chi connectivity index (χ3n) is 1.61. The molecule has 0 bridgehead atoms. The van der Waals surface area contributed by atoms with Crippen molar-refractivity contribution in [1.82, 2.24) is 0 Å². The molecule has 0 heterocycles. The van der Waals surface area contributed by atoms with Crippen LogP contribution in [0.3, 0.4) is 0 Å². The zero-order valence-corrected chi connectivity index (χ0v) is 8.28. The Morgan fingerprint density at radius 2 is 2.06 bits per heavy atom. The fraction of sp³-hybridized carbons (Fsp3) is 0.100. The summed E-state index contributed by atoms with van der Waals surface area (Å²) in [4.78, 5) is 10.7. The van der Waals surface area contributed by atoms with E-state index in [2.05, 4.69) is 16.1 Å². The summed E-state index contributed by atoms with van der Waals surface area (Å²) in [6.45, 7) is 3.19. The van der Waals surface area contributed by atoms with Gasteiger partial charge in [0.15, 0.2) is 0 Å². The number of carboxylic acid groups (broad SMARTS) is 1. The first-order chi connectivity index (χ1) is 7.83. The van der Waals surface area contributed by atoms with Crippen molar-refractivity contribution in [3.05, 3.63) is 36.6 Å². The second-order valence-electron chi connectivity index (χ2n) is 2.78. The maximum Gasteiger partial charge on any atom is 0.573 e. The third kappa shape index (κ3) is 3.71. The Kier molecular flexibility index (Phi) is 3.62. The largest absolute Gasteiger partial charge is 0.573 e. The van der Waals surface area contributed by atoms with E-state index in [1.54, 1.807) is 0 Å². The van der Waals surface area contributed by atoms with E-state index in [1.807, 2.05) is 0 Å². The molecule has 0 unspecified atom stereocenters. The van der Waals surface area contributed by atoms with Gasteiger partial charge in [-0.15, -0.1) is 13.2 Å². The molecular weight excluding hydrogens is 241 g/mol. The molecule has 0 N–H and O–H groups in total. The molecule has 4 nitrogen and oxygen atoms in total. The molecule has 7 heteroatoms. The molecule has 0 radical (unpaired) electrons. The number of halogens is 3. The Morgan fingerprint density at radius 3 is 2.53 bits per heavy atom. The third-order valence-corrected chi connectivity index (χ3v) is 1.61. The Labute approximate surface area is 93.9 Å². The second-order valence-corrected chi connectivity index (χ2v) is 2.78. The van der Waals surface area contributed by atoms with Crippen LogP contribution in [0.4, 0.5) is 13.2 Å². The van der Waals surface area contributed by atoms with Gasteiger partial charge in [0.1, 0.15) is 11.5 Å². The summed E-state index contributed by atoms with van der Waals surface area (Å²) in [5.41, 5.74) is -0.563. The van der Waals surface area contributed by atoms with Crippen LogP contribution in [-0.2, 0) is 0 Å². The van der Waals surface area contributed by atoms with Gasteiger partial charge in [-0.2, -0.15) is 0 Å². The van der Waals surface area contributed by atoms with Crippen molar-refractivity contribution in [2.24, 2.45) is 0 Å². The molecule has 1 aromatic carbocycles. The van der Waals surface area contributed by atoms with Gasteiger partial charge in [0.25, 0.3) is 0 Å². The van der Waals surface area contributed by atoms with Gasteiger partial charge >= 0.3 is 6.36 Å². The van der Waals surface area contributed by atoms with Gasteiger partial charge in [-0.05, 0) is 18.2 Å². The number of hydrogen-bond donors (Lipinski definition) is 0. The van der Waals surface area contributed by atoms with Gasteiger partial charge in [-0.25, -0.2) is 0 Å². The van der Waals surface area contributed by atoms with E-state index in [0.29, 0.717) is 6.07 Å². The van der Waals surface area contributed by atoms with E-state index < -0.39 is 23.6 Å². The summed E-state index contributed by atoms with van der Waals surface area (Å²) < 4.78 is 43.9. The lowest BCUT2D eigenvalue weighted by atomic mass is 10.2. The molecule has 0 aliphatic rings. The maximum atomic E-state index is 11.9. The fourth-order valence-corrected chi connectivity index (χ4v) is 1.06. The molecule has 17 heavy (non-hydrogen) atoms. The minimum absolute atomic E-state index is 0.186. The summed E-state index contributed by atoms with van der Waals surface area (Å²) in [6.07, 6.45) is -3.96. The van der Waals surface area contributed by atoms with Crippen molar-refractivity contribution in [1.29, 1.82) is 0 Å². The number of rotatable bonds is 4. The molecule has 0 fully saturated rings. The molecule has 1 aromatic rings. The van der Waals surface area contributed by atoms with Crippen molar-refractivity contribution in [3.63, 3.8) is 0 Å². The minimum atomic E-state index is -4.90. The van der Waals surface area contributed by atoms with Crippen molar-refractivity contribution < 1.29 is 32.5 Å². The van der Waals surface area contributed by atoms with Gasteiger partial charge in [0.2, 0.25) is 0 Å². The lowest BCUT2D eigenvalue weighted by Gasteiger charge is -2.13. The van der Waals surface area contributed by atoms with Crippen LogP contribution in [0.15, 0.2) is 31.0 Å². The predicted molar refractivity (Wildman–Crippen MR) is 48.3 cm³/mol. The Morgan fingerprint density at radius 1 is 1.41 bits per heavy atom. The van der Waals surface area contributed by atoms with E-state index in [1.165, 1.54) is 0 Å². The topological polar surface area (TPSA) is 58.6 Å². The van der Waals surface area contributed by atoms with Gasteiger partial charge in [0, 0.05) is 5.56 Å². The number of benzene rings is 1. The van der Waals surface area contributed by atoms with E-state index in [4.69, 9.17) is 0 Å². The zero-order valence-electron chi connectivity index (χ0n) is 8.28. The summed E-state index contributed by atoms with van der Waals surface area (Å²) in [6, 6.07) is 2.58. The first-order valence-electron chi connectivity index (χ1n) is 4.22. The van der Waals surface area contributed by atoms with Crippen molar-refractivity contribution in [2.75, 3.05) is 0 Å². The molecule has 0 amide bonds. The smallest absolute Gasteiger partial charge is 0.545 e. The van der Waals surface area contributed by atoms with E-state index in [0.717, 1.165) is 18.4 Å². The van der Waals surface area contributed by atoms with E-state index in [9.17, 15) is 23.1 Å². The zero-order chi connectivity index (χ0) is 13.1. The highest BCUT2D eigenvalue weighted by atomic mass is 19.4. The van der Waals surface area contributed by atoms with Gasteiger partial charge in [0.05, 0.1) is 12.2 Å². The van der Waals surface area contributed by atoms with Crippen LogP contribution in [0.2, 0.25) is 0 Å². The standard InChI is InChI=1S/C10H7F3O4/c1-2-16-8-4-3-6(17-10(11,12)13)5-7(8)9(14)15/h2-5H,1H2,(H,14,15)/p-1. The lowest BCUT2D eigenvalue weighted by molar-refractivity contribution is -0.275. The highest BCUT2D eigenvalue weighted by Crippen LogP contribution is 2.28. The van der Waals surface area contributed by atoms with Crippen LogP contribution in [0.25, 0.3) is 0 Å². The number of hydrogen-bond acceptors (Lipinski definition) is 4. The highest BCUT2D eigenvalue weighted by molar-refractivity contribution is 5.89. The summed E-state index contributed by atoms with van der Waals surface area (Å²) in [7, 11) is 0. The van der Waals surface area contributed by atoms with Gasteiger partial charge in [-0.3, -0.25) is 0 Å². The van der Waals surface area contributed by atoms with Crippen molar-refractivity contribution in [3.8, 4) is 11.5 Å². The number of aromatic carboxylic acids is 1. The average Bonchev–Trinajstić information content (AvgIpc) is 2.18. The van der Waals surface area contributed by atoms with Crippen molar-refractivity contribution >= 4 is 5.97 Å². The number of alkyl halides is 3. The molecule has 0 aromatic heterocycles. The number of carboxylic acids is 1. The molecule has 0 saturated heterocycles. The fourth-order valence-electron chi connectivity index (χ4n) is 1.06. The average molecular weight is 247 g/mol. The summed E-state index contributed by atoms with van der Waals surface area (Å²) in [5, 5.41) is 10.7. The first-order valence-corrected chi connectivity index (χ1v) is 4.22. The Hall–Kier alpha value is -2.18. The lowest BCUT2D eigenvalue weighted by Crippen LogP contribution is -2.23. The van der Waals surface area contributed by atoms with Crippen LogP contribution in [-0.4, -0.2) is 12.3 Å². The molecule has 0 spiro atoms. The summed E-state index contributed by atoms with van der Waals surface area (Å²) >= 11 is 0. The van der Waals surface area contributed by atoms with Crippen molar-refractivity contribution in [2.45, 2.75) is 6.36 Å². The van der Waals surface area contributed by atoms with E-state index in [-0.39, 0.29) is 5.75 Å². The minimum Gasteiger partial charge on any atom is -0.545 e. The number of carbonyl (C=O) groups excluding carboxylic acids is 1. The molecule has 1 rings (SSSR count). The molecule has 0 aliphatic carbocycles. The molecule has 0 atom stereocenters. The maximum absolute atomic E-state index is 11.9. The Balaban J connectivity index is 3.09. The normalized spacial score (nSPS) is 10.8. The first kappa shape index (κ1) is 12.9. The van der Waals surface area contributed by atoms with Crippen LogP contribution in [0.1, 0.15) is 10.4 Å². The second kappa shape index (κ2) is 4.77. The monoisotopic (exact) mass is 247 g/mol. The SMILES string of the molecule is C=COc1ccc(OC(F)(F)F)cc1C(=O)[O-]. The number of carbonyl (C=O) groups is 1. The quantitative estimate of drug-likeness (QED) is 0.756. The molecule has 92 valence electrons. The number of ether oxygens (including phenoxy) is 2. The van der Waals surface area contributed by atoms with Gasteiger partial charge in [-0.1, -0.05) is 6.58 Å². The summed E-state index contributed by atoms with van der Waals surface area (Å²) in [5.74, 6) is -2.54. The van der Waals surface area contributed by atoms with Crippen LogP contribution >= 0.6 is 0 Å². The Bertz CT molecular complexity index is 440. The van der Waals surface area contributed by atoms with Crippen LogP contribution in [0, 0.1) is 0 Å². The highest BCUT2D eigenvalue weighted by Gasteiger charge is 2.31. The van der Waals surface area contributed by atoms with Crippen LogP contribution in [0.5, 0.6) is 11.5 Å². The van der Waals surface area contributed by atoms with E-state index >= 15 is 0 Å². The van der Waals surface area contributed by atoms with Crippen LogP contribution < -0.4 is 14.6 Å². The van der Waals surface area contributed by atoms with Gasteiger partial charge < -0.3 is 19.4 Å². The molecule has 0 saturated carbocycles. The predicted octanol–water partition coefficient (Wildman–Crippen LogP) is 1.47. The molecular formula is C10H6F3O4-.